The normalized spacial score (nSPS) is 14.9. The molecular weight excluding hydrogens is 429 g/mol. The molecule has 0 aromatic heterocycles. The van der Waals surface area contributed by atoms with E-state index in [1.807, 2.05) is 6.07 Å². The van der Waals surface area contributed by atoms with Crippen molar-refractivity contribution in [2.24, 2.45) is 10.9 Å². The van der Waals surface area contributed by atoms with Crippen LogP contribution in [0.5, 0.6) is 11.5 Å². The lowest BCUT2D eigenvalue weighted by molar-refractivity contribution is 0.373. The van der Waals surface area contributed by atoms with Gasteiger partial charge in [-0.15, -0.1) is 24.0 Å². The SMILES string of the molecule is CCNC(=NCc1ccc(OC)c(O)c1)NCCCC1CCCC1.I. The maximum Gasteiger partial charge on any atom is 0.191 e. The van der Waals surface area contributed by atoms with Gasteiger partial charge < -0.3 is 20.5 Å². The summed E-state index contributed by atoms with van der Waals surface area (Å²) >= 11 is 0. The Bertz CT molecular complexity index is 531. The van der Waals surface area contributed by atoms with Gasteiger partial charge in [0, 0.05) is 13.1 Å². The number of aliphatic imine (C=N–C) groups is 1. The van der Waals surface area contributed by atoms with Crippen LogP contribution in [-0.2, 0) is 6.54 Å². The largest absolute Gasteiger partial charge is 0.504 e. The van der Waals surface area contributed by atoms with Crippen LogP contribution in [0, 0.1) is 5.92 Å². The van der Waals surface area contributed by atoms with Crippen molar-refractivity contribution >= 4 is 29.9 Å². The molecule has 0 spiro atoms. The summed E-state index contributed by atoms with van der Waals surface area (Å²) in [5, 5.41) is 16.5. The Morgan fingerprint density at radius 2 is 2.04 bits per heavy atom. The molecule has 0 amide bonds. The van der Waals surface area contributed by atoms with E-state index in [0.717, 1.165) is 30.5 Å². The molecular formula is C19H32IN3O2. The van der Waals surface area contributed by atoms with Gasteiger partial charge in [0.2, 0.25) is 0 Å². The van der Waals surface area contributed by atoms with E-state index in [1.165, 1.54) is 38.5 Å². The van der Waals surface area contributed by atoms with E-state index in [-0.39, 0.29) is 29.7 Å². The zero-order valence-electron chi connectivity index (χ0n) is 15.4. The fraction of sp³-hybridized carbons (Fsp3) is 0.632. The highest BCUT2D eigenvalue weighted by molar-refractivity contribution is 14.0. The number of phenolic OH excluding ortho intramolecular Hbond substituents is 1. The van der Waals surface area contributed by atoms with Gasteiger partial charge in [-0.1, -0.05) is 31.7 Å². The summed E-state index contributed by atoms with van der Waals surface area (Å²) in [6.07, 6.45) is 8.16. The van der Waals surface area contributed by atoms with E-state index in [1.54, 1.807) is 19.2 Å². The molecule has 0 bridgehead atoms. The first-order chi connectivity index (χ1) is 11.7. The van der Waals surface area contributed by atoms with Crippen molar-refractivity contribution in [2.45, 2.75) is 52.0 Å². The predicted octanol–water partition coefficient (Wildman–Crippen LogP) is 4.04. The Hall–Kier alpha value is -1.18. The molecule has 0 unspecified atom stereocenters. The van der Waals surface area contributed by atoms with Gasteiger partial charge in [0.05, 0.1) is 13.7 Å². The van der Waals surface area contributed by atoms with Gasteiger partial charge in [0.1, 0.15) is 0 Å². The van der Waals surface area contributed by atoms with Crippen LogP contribution < -0.4 is 15.4 Å². The van der Waals surface area contributed by atoms with Crippen LogP contribution in [0.2, 0.25) is 0 Å². The quantitative estimate of drug-likeness (QED) is 0.237. The average molecular weight is 461 g/mol. The minimum Gasteiger partial charge on any atom is -0.504 e. The Balaban J connectivity index is 0.00000312. The Morgan fingerprint density at radius 1 is 1.28 bits per heavy atom. The summed E-state index contributed by atoms with van der Waals surface area (Å²) in [5.41, 5.74) is 0.955. The molecule has 0 atom stereocenters. The molecule has 1 saturated carbocycles. The minimum absolute atomic E-state index is 0. The fourth-order valence-corrected chi connectivity index (χ4v) is 3.24. The third kappa shape index (κ3) is 7.71. The molecule has 0 aliphatic heterocycles. The first-order valence-electron chi connectivity index (χ1n) is 9.11. The predicted molar refractivity (Wildman–Crippen MR) is 114 cm³/mol. The highest BCUT2D eigenvalue weighted by atomic mass is 127. The van der Waals surface area contributed by atoms with Crippen LogP contribution in [0.3, 0.4) is 0 Å². The van der Waals surface area contributed by atoms with Crippen LogP contribution in [0.4, 0.5) is 0 Å². The highest BCUT2D eigenvalue weighted by Gasteiger charge is 2.14. The van der Waals surface area contributed by atoms with Gasteiger partial charge in [-0.25, -0.2) is 4.99 Å². The molecule has 6 heteroatoms. The second-order valence-electron chi connectivity index (χ2n) is 6.42. The van der Waals surface area contributed by atoms with Crippen molar-refractivity contribution < 1.29 is 9.84 Å². The van der Waals surface area contributed by atoms with Gasteiger partial charge in [-0.3, -0.25) is 0 Å². The monoisotopic (exact) mass is 461 g/mol. The number of nitrogens with one attached hydrogen (secondary N) is 2. The molecule has 1 aliphatic rings. The summed E-state index contributed by atoms with van der Waals surface area (Å²) in [6, 6.07) is 5.39. The van der Waals surface area contributed by atoms with Crippen molar-refractivity contribution in [3.63, 3.8) is 0 Å². The number of rotatable bonds is 8. The number of hydrogen-bond acceptors (Lipinski definition) is 3. The first kappa shape index (κ1) is 21.9. The summed E-state index contributed by atoms with van der Waals surface area (Å²) < 4.78 is 5.06. The molecule has 1 aliphatic carbocycles. The number of aromatic hydroxyl groups is 1. The molecule has 25 heavy (non-hydrogen) atoms. The summed E-state index contributed by atoms with van der Waals surface area (Å²) in [6.45, 7) is 4.38. The van der Waals surface area contributed by atoms with Gasteiger partial charge in [-0.2, -0.15) is 0 Å². The topological polar surface area (TPSA) is 65.9 Å². The zero-order chi connectivity index (χ0) is 17.2. The van der Waals surface area contributed by atoms with Gasteiger partial charge >= 0.3 is 0 Å². The first-order valence-corrected chi connectivity index (χ1v) is 9.11. The number of guanidine groups is 1. The summed E-state index contributed by atoms with van der Waals surface area (Å²) in [4.78, 5) is 4.59. The van der Waals surface area contributed by atoms with Crippen LogP contribution in [0.1, 0.15) is 51.0 Å². The van der Waals surface area contributed by atoms with E-state index < -0.39 is 0 Å². The number of benzene rings is 1. The van der Waals surface area contributed by atoms with E-state index >= 15 is 0 Å². The molecule has 1 aromatic carbocycles. The van der Waals surface area contributed by atoms with E-state index in [9.17, 15) is 5.11 Å². The molecule has 0 radical (unpaired) electrons. The summed E-state index contributed by atoms with van der Waals surface area (Å²) in [7, 11) is 1.55. The Labute approximate surface area is 168 Å². The molecule has 0 heterocycles. The average Bonchev–Trinajstić information content (AvgIpc) is 3.10. The lowest BCUT2D eigenvalue weighted by Gasteiger charge is -2.13. The fourth-order valence-electron chi connectivity index (χ4n) is 3.24. The molecule has 3 N–H and O–H groups in total. The van der Waals surface area contributed by atoms with Crippen molar-refractivity contribution in [2.75, 3.05) is 20.2 Å². The third-order valence-corrected chi connectivity index (χ3v) is 4.56. The standard InChI is InChI=1S/C19H31N3O2.HI/c1-3-20-19(21-12-6-9-15-7-4-5-8-15)22-14-16-10-11-18(24-2)17(23)13-16;/h10-11,13,15,23H,3-9,12,14H2,1-2H3,(H2,20,21,22);1H. The van der Waals surface area contributed by atoms with Crippen molar-refractivity contribution in [3.8, 4) is 11.5 Å². The van der Waals surface area contributed by atoms with Gasteiger partial charge in [0.25, 0.3) is 0 Å². The van der Waals surface area contributed by atoms with Crippen molar-refractivity contribution in [3.05, 3.63) is 23.8 Å². The smallest absolute Gasteiger partial charge is 0.191 e. The highest BCUT2D eigenvalue weighted by Crippen LogP contribution is 2.28. The van der Waals surface area contributed by atoms with Crippen LogP contribution >= 0.6 is 24.0 Å². The maximum atomic E-state index is 9.83. The molecule has 5 nitrogen and oxygen atoms in total. The van der Waals surface area contributed by atoms with E-state index in [2.05, 4.69) is 22.5 Å². The third-order valence-electron chi connectivity index (χ3n) is 4.56. The number of ether oxygens (including phenoxy) is 1. The van der Waals surface area contributed by atoms with Crippen LogP contribution in [0.15, 0.2) is 23.2 Å². The van der Waals surface area contributed by atoms with Gasteiger partial charge in [0.15, 0.2) is 17.5 Å². The Morgan fingerprint density at radius 3 is 2.68 bits per heavy atom. The Kier molecular flexibility index (Phi) is 10.7. The maximum absolute atomic E-state index is 9.83. The molecule has 1 fully saturated rings. The lowest BCUT2D eigenvalue weighted by Crippen LogP contribution is -2.37. The zero-order valence-corrected chi connectivity index (χ0v) is 17.7. The second-order valence-corrected chi connectivity index (χ2v) is 6.42. The molecule has 142 valence electrons. The lowest BCUT2D eigenvalue weighted by atomic mass is 10.0. The van der Waals surface area contributed by atoms with E-state index in [0.29, 0.717) is 12.3 Å². The number of nitrogens with zero attached hydrogens (tertiary/aromatic N) is 1. The molecule has 1 aromatic rings. The number of phenols is 1. The number of halogens is 1. The van der Waals surface area contributed by atoms with Crippen LogP contribution in [0.25, 0.3) is 0 Å². The number of methoxy groups -OCH3 is 1. The van der Waals surface area contributed by atoms with Crippen molar-refractivity contribution in [1.82, 2.24) is 10.6 Å². The number of hydrogen-bond donors (Lipinski definition) is 3. The second kappa shape index (κ2) is 12.2. The van der Waals surface area contributed by atoms with E-state index in [4.69, 9.17) is 4.74 Å². The van der Waals surface area contributed by atoms with Crippen LogP contribution in [-0.4, -0.2) is 31.3 Å². The van der Waals surface area contributed by atoms with Gasteiger partial charge in [-0.05, 0) is 43.4 Å². The summed E-state index contributed by atoms with van der Waals surface area (Å²) in [5.74, 6) is 2.41. The minimum atomic E-state index is 0. The molecule has 0 saturated heterocycles. The molecule has 2 rings (SSSR count). The van der Waals surface area contributed by atoms with Crippen molar-refractivity contribution in [1.29, 1.82) is 0 Å².